The van der Waals surface area contributed by atoms with Crippen molar-refractivity contribution < 1.29 is 12.8 Å². The lowest BCUT2D eigenvalue weighted by atomic mass is 9.90. The number of fused-ring (bicyclic) bond motifs is 2. The summed E-state index contributed by atoms with van der Waals surface area (Å²) in [5, 5.41) is 0. The summed E-state index contributed by atoms with van der Waals surface area (Å²) in [7, 11) is -3.57. The Morgan fingerprint density at radius 2 is 1.80 bits per heavy atom. The van der Waals surface area contributed by atoms with E-state index in [1.165, 1.54) is 31.7 Å². The van der Waals surface area contributed by atoms with Gasteiger partial charge in [0, 0.05) is 43.3 Å². The van der Waals surface area contributed by atoms with Crippen LogP contribution in [0.2, 0.25) is 0 Å². The molecule has 0 unspecified atom stereocenters. The SMILES string of the molecule is O=S(=O)(c1ccccc1-c1ccc(CN2C[C@H]3CCC[C@H]2C3)c(F)c1)N1CCCC1. The van der Waals surface area contributed by atoms with Crippen LogP contribution in [0, 0.1) is 11.7 Å². The van der Waals surface area contributed by atoms with Crippen molar-refractivity contribution >= 4 is 10.0 Å². The van der Waals surface area contributed by atoms with Crippen molar-refractivity contribution in [3.63, 3.8) is 0 Å². The molecule has 2 aliphatic heterocycles. The number of rotatable bonds is 5. The minimum absolute atomic E-state index is 0.248. The third kappa shape index (κ3) is 3.70. The molecular formula is C24H29FN2O2S. The highest BCUT2D eigenvalue weighted by Crippen LogP contribution is 2.37. The number of likely N-dealkylation sites (tertiary alicyclic amines) is 1. The summed E-state index contributed by atoms with van der Waals surface area (Å²) in [6, 6.07) is 12.8. The second-order valence-electron chi connectivity index (χ2n) is 9.03. The molecule has 4 nitrogen and oxygen atoms in total. The van der Waals surface area contributed by atoms with E-state index in [0.717, 1.165) is 25.3 Å². The third-order valence-electron chi connectivity index (χ3n) is 7.07. The molecule has 2 aromatic carbocycles. The van der Waals surface area contributed by atoms with Crippen LogP contribution in [0.1, 0.15) is 44.1 Å². The van der Waals surface area contributed by atoms with Crippen LogP contribution in [0.5, 0.6) is 0 Å². The second kappa shape index (κ2) is 8.06. The average molecular weight is 429 g/mol. The number of nitrogens with zero attached hydrogens (tertiary/aromatic N) is 2. The molecule has 1 saturated carbocycles. The lowest BCUT2D eigenvalue weighted by Crippen LogP contribution is -2.28. The number of hydrogen-bond acceptors (Lipinski definition) is 3. The van der Waals surface area contributed by atoms with Crippen LogP contribution < -0.4 is 0 Å². The molecular weight excluding hydrogens is 399 g/mol. The molecule has 160 valence electrons. The van der Waals surface area contributed by atoms with Crippen LogP contribution in [-0.2, 0) is 16.6 Å². The maximum Gasteiger partial charge on any atom is 0.243 e. The van der Waals surface area contributed by atoms with Crippen molar-refractivity contribution in [3.8, 4) is 11.1 Å². The highest BCUT2D eigenvalue weighted by atomic mass is 32.2. The Balaban J connectivity index is 1.43. The fourth-order valence-electron chi connectivity index (χ4n) is 5.49. The Morgan fingerprint density at radius 3 is 2.57 bits per heavy atom. The van der Waals surface area contributed by atoms with Crippen LogP contribution in [-0.4, -0.2) is 43.3 Å². The van der Waals surface area contributed by atoms with Gasteiger partial charge >= 0.3 is 0 Å². The van der Waals surface area contributed by atoms with E-state index in [1.807, 2.05) is 18.2 Å². The van der Waals surface area contributed by atoms with E-state index < -0.39 is 10.0 Å². The third-order valence-corrected chi connectivity index (χ3v) is 9.03. The summed E-state index contributed by atoms with van der Waals surface area (Å²) < 4.78 is 42.9. The smallest absolute Gasteiger partial charge is 0.243 e. The van der Waals surface area contributed by atoms with Gasteiger partial charge in [-0.05, 0) is 55.7 Å². The monoisotopic (exact) mass is 428 g/mol. The fourth-order valence-corrected chi connectivity index (χ4v) is 7.23. The van der Waals surface area contributed by atoms with Crippen molar-refractivity contribution in [2.75, 3.05) is 19.6 Å². The van der Waals surface area contributed by atoms with E-state index in [-0.39, 0.29) is 10.7 Å². The Hall–Kier alpha value is -1.76. The van der Waals surface area contributed by atoms with E-state index in [2.05, 4.69) is 4.90 Å². The fraction of sp³-hybridized carbons (Fsp3) is 0.500. The van der Waals surface area contributed by atoms with Crippen molar-refractivity contribution in [2.45, 2.75) is 56.0 Å². The predicted molar refractivity (Wildman–Crippen MR) is 116 cm³/mol. The molecule has 2 atom stereocenters. The molecule has 2 aromatic rings. The Bertz CT molecular complexity index is 1030. The van der Waals surface area contributed by atoms with E-state index in [4.69, 9.17) is 0 Å². The Morgan fingerprint density at radius 1 is 1.00 bits per heavy atom. The van der Waals surface area contributed by atoms with Gasteiger partial charge < -0.3 is 0 Å². The van der Waals surface area contributed by atoms with Gasteiger partial charge in [-0.1, -0.05) is 36.8 Å². The van der Waals surface area contributed by atoms with Crippen LogP contribution in [0.25, 0.3) is 11.1 Å². The summed E-state index contributed by atoms with van der Waals surface area (Å²) in [6.07, 6.45) is 6.84. The molecule has 0 amide bonds. The zero-order valence-corrected chi connectivity index (χ0v) is 18.1. The topological polar surface area (TPSA) is 40.6 Å². The maximum absolute atomic E-state index is 15.1. The zero-order chi connectivity index (χ0) is 20.7. The summed E-state index contributed by atoms with van der Waals surface area (Å²) in [4.78, 5) is 2.70. The molecule has 2 heterocycles. The number of hydrogen-bond donors (Lipinski definition) is 0. The average Bonchev–Trinajstić information content (AvgIpc) is 3.39. The highest BCUT2D eigenvalue weighted by molar-refractivity contribution is 7.89. The summed E-state index contributed by atoms with van der Waals surface area (Å²) in [5.74, 6) is 0.524. The molecule has 2 saturated heterocycles. The number of benzene rings is 2. The summed E-state index contributed by atoms with van der Waals surface area (Å²) in [6.45, 7) is 2.83. The van der Waals surface area contributed by atoms with E-state index in [0.29, 0.717) is 42.4 Å². The van der Waals surface area contributed by atoms with Crippen LogP contribution in [0.4, 0.5) is 4.39 Å². The first-order chi connectivity index (χ1) is 14.5. The van der Waals surface area contributed by atoms with Gasteiger partial charge in [-0.3, -0.25) is 4.90 Å². The molecule has 0 N–H and O–H groups in total. The van der Waals surface area contributed by atoms with Gasteiger partial charge in [0.1, 0.15) is 5.82 Å². The van der Waals surface area contributed by atoms with E-state index in [1.54, 1.807) is 22.5 Å². The lowest BCUT2D eigenvalue weighted by molar-refractivity contribution is 0.234. The van der Waals surface area contributed by atoms with E-state index >= 15 is 4.39 Å². The maximum atomic E-state index is 15.1. The first-order valence-corrected chi connectivity index (χ1v) is 12.6. The van der Waals surface area contributed by atoms with Gasteiger partial charge in [0.05, 0.1) is 4.90 Å². The molecule has 5 rings (SSSR count). The van der Waals surface area contributed by atoms with Gasteiger partial charge in [-0.15, -0.1) is 0 Å². The largest absolute Gasteiger partial charge is 0.296 e. The van der Waals surface area contributed by atoms with Gasteiger partial charge in [-0.25, -0.2) is 12.8 Å². The predicted octanol–water partition coefficient (Wildman–Crippen LogP) is 4.65. The zero-order valence-electron chi connectivity index (χ0n) is 17.3. The molecule has 0 spiro atoms. The highest BCUT2D eigenvalue weighted by Gasteiger charge is 2.35. The number of sulfonamides is 1. The summed E-state index contributed by atoms with van der Waals surface area (Å²) in [5.41, 5.74) is 1.90. The quantitative estimate of drug-likeness (QED) is 0.696. The standard InChI is InChI=1S/C24H29FN2O2S/c25-23-15-19(10-11-20(23)17-26-16-18-6-5-7-21(26)14-18)22-8-1-2-9-24(22)30(28,29)27-12-3-4-13-27/h1-2,8-11,15,18,21H,3-7,12-14,16-17H2/t18-,21-/m0/s1. The molecule has 0 radical (unpaired) electrons. The minimum atomic E-state index is -3.57. The Labute approximate surface area is 178 Å². The minimum Gasteiger partial charge on any atom is -0.296 e. The first-order valence-electron chi connectivity index (χ1n) is 11.1. The van der Waals surface area contributed by atoms with Crippen molar-refractivity contribution in [3.05, 3.63) is 53.8 Å². The van der Waals surface area contributed by atoms with Crippen LogP contribution in [0.3, 0.4) is 0 Å². The number of halogens is 1. The lowest BCUT2D eigenvalue weighted by Gasteiger charge is -2.24. The molecule has 2 bridgehead atoms. The second-order valence-corrected chi connectivity index (χ2v) is 10.9. The van der Waals surface area contributed by atoms with Gasteiger partial charge in [0.25, 0.3) is 0 Å². The summed E-state index contributed by atoms with van der Waals surface area (Å²) >= 11 is 0. The van der Waals surface area contributed by atoms with Crippen molar-refractivity contribution in [1.82, 2.24) is 9.21 Å². The molecule has 6 heteroatoms. The normalized spacial score (nSPS) is 25.1. The van der Waals surface area contributed by atoms with Crippen LogP contribution >= 0.6 is 0 Å². The van der Waals surface area contributed by atoms with Crippen molar-refractivity contribution in [2.24, 2.45) is 5.92 Å². The van der Waals surface area contributed by atoms with Crippen molar-refractivity contribution in [1.29, 1.82) is 0 Å². The molecule has 3 fully saturated rings. The molecule has 1 aliphatic carbocycles. The van der Waals surface area contributed by atoms with Gasteiger partial charge in [-0.2, -0.15) is 4.31 Å². The van der Waals surface area contributed by atoms with E-state index in [9.17, 15) is 8.42 Å². The molecule has 3 aliphatic rings. The van der Waals surface area contributed by atoms with Gasteiger partial charge in [0.15, 0.2) is 0 Å². The Kier molecular flexibility index (Phi) is 5.42. The van der Waals surface area contributed by atoms with Crippen LogP contribution in [0.15, 0.2) is 47.4 Å². The first kappa shape index (κ1) is 20.2. The molecule has 30 heavy (non-hydrogen) atoms. The van der Waals surface area contributed by atoms with Gasteiger partial charge in [0.2, 0.25) is 10.0 Å². The molecule has 0 aromatic heterocycles.